The quantitative estimate of drug-likeness (QED) is 0.860. The van der Waals surface area contributed by atoms with Crippen LogP contribution in [0, 0.1) is 0 Å². The van der Waals surface area contributed by atoms with Crippen LogP contribution in [0.5, 0.6) is 0 Å². The fourth-order valence-electron chi connectivity index (χ4n) is 2.39. The van der Waals surface area contributed by atoms with Crippen LogP contribution >= 0.6 is 0 Å². The molecule has 1 amide bonds. The van der Waals surface area contributed by atoms with Crippen LogP contribution in [0.3, 0.4) is 0 Å². The van der Waals surface area contributed by atoms with Gasteiger partial charge in [0, 0.05) is 13.5 Å². The Hall–Kier alpha value is -1.35. The highest BCUT2D eigenvalue weighted by atomic mass is 16.1. The number of hydrogen-bond acceptors (Lipinski definition) is 2. The van der Waals surface area contributed by atoms with Crippen molar-refractivity contribution in [3.05, 3.63) is 35.9 Å². The Kier molecular flexibility index (Phi) is 4.15. The molecule has 0 aromatic heterocycles. The highest BCUT2D eigenvalue weighted by Gasteiger charge is 2.19. The zero-order chi connectivity index (χ0) is 12.1. The smallest absolute Gasteiger partial charge is 0.217 e. The van der Waals surface area contributed by atoms with Gasteiger partial charge < -0.3 is 10.2 Å². The van der Waals surface area contributed by atoms with E-state index in [1.165, 1.54) is 18.4 Å². The molecule has 0 bridgehead atoms. The Labute approximate surface area is 103 Å². The van der Waals surface area contributed by atoms with Crippen LogP contribution in [0.2, 0.25) is 0 Å². The molecule has 1 heterocycles. The van der Waals surface area contributed by atoms with Crippen LogP contribution in [-0.2, 0) is 4.79 Å². The Morgan fingerprint density at radius 1 is 1.29 bits per heavy atom. The van der Waals surface area contributed by atoms with Gasteiger partial charge in [-0.2, -0.15) is 0 Å². The Morgan fingerprint density at radius 2 is 1.94 bits per heavy atom. The molecular formula is C14H20N2O. The lowest BCUT2D eigenvalue weighted by Gasteiger charge is -2.24. The number of likely N-dealkylation sites (tertiary alicyclic amines) is 1. The van der Waals surface area contributed by atoms with E-state index in [1.807, 2.05) is 18.2 Å². The van der Waals surface area contributed by atoms with Gasteiger partial charge >= 0.3 is 0 Å². The van der Waals surface area contributed by atoms with Gasteiger partial charge in [0.1, 0.15) is 0 Å². The second kappa shape index (κ2) is 5.82. The third-order valence-corrected chi connectivity index (χ3v) is 3.22. The average molecular weight is 232 g/mol. The summed E-state index contributed by atoms with van der Waals surface area (Å²) in [5.74, 6) is 0.0399. The number of hydrogen-bond donors (Lipinski definition) is 1. The SMILES string of the molecule is CC(=O)N[C@H](CN1CCCC1)c1ccccc1. The van der Waals surface area contributed by atoms with Crippen LogP contribution in [0.15, 0.2) is 30.3 Å². The lowest BCUT2D eigenvalue weighted by molar-refractivity contribution is -0.119. The summed E-state index contributed by atoms with van der Waals surface area (Å²) in [4.78, 5) is 13.7. The molecule has 0 spiro atoms. The first-order valence-corrected chi connectivity index (χ1v) is 6.30. The molecule has 0 saturated carbocycles. The van der Waals surface area contributed by atoms with Crippen LogP contribution in [0.1, 0.15) is 31.4 Å². The molecule has 0 radical (unpaired) electrons. The van der Waals surface area contributed by atoms with Crippen molar-refractivity contribution in [1.82, 2.24) is 10.2 Å². The molecule has 1 N–H and O–H groups in total. The molecule has 0 aliphatic carbocycles. The fourth-order valence-corrected chi connectivity index (χ4v) is 2.39. The number of carbonyl (C=O) groups is 1. The van der Waals surface area contributed by atoms with Crippen molar-refractivity contribution in [3.8, 4) is 0 Å². The number of nitrogens with one attached hydrogen (secondary N) is 1. The highest BCUT2D eigenvalue weighted by Crippen LogP contribution is 2.17. The minimum Gasteiger partial charge on any atom is -0.348 e. The van der Waals surface area contributed by atoms with Crippen molar-refractivity contribution in [3.63, 3.8) is 0 Å². The molecule has 1 atom stereocenters. The van der Waals surface area contributed by atoms with Gasteiger partial charge in [-0.1, -0.05) is 30.3 Å². The summed E-state index contributed by atoms with van der Waals surface area (Å²) < 4.78 is 0. The third-order valence-electron chi connectivity index (χ3n) is 3.22. The van der Waals surface area contributed by atoms with Gasteiger partial charge in [-0.3, -0.25) is 4.79 Å². The molecule has 1 aliphatic heterocycles. The monoisotopic (exact) mass is 232 g/mol. The second-order valence-corrected chi connectivity index (χ2v) is 4.67. The van der Waals surface area contributed by atoms with E-state index in [0.717, 1.165) is 19.6 Å². The number of rotatable bonds is 4. The van der Waals surface area contributed by atoms with E-state index in [1.54, 1.807) is 6.92 Å². The third kappa shape index (κ3) is 3.56. The minimum absolute atomic E-state index is 0.0399. The van der Waals surface area contributed by atoms with Crippen molar-refractivity contribution in [2.24, 2.45) is 0 Å². The zero-order valence-corrected chi connectivity index (χ0v) is 10.4. The zero-order valence-electron chi connectivity index (χ0n) is 10.4. The van der Waals surface area contributed by atoms with Crippen molar-refractivity contribution >= 4 is 5.91 Å². The Balaban J connectivity index is 2.04. The molecule has 2 rings (SSSR count). The summed E-state index contributed by atoms with van der Waals surface area (Å²) in [5.41, 5.74) is 1.19. The normalized spacial score (nSPS) is 17.9. The Morgan fingerprint density at radius 3 is 2.53 bits per heavy atom. The fraction of sp³-hybridized carbons (Fsp3) is 0.500. The predicted octanol–water partition coefficient (Wildman–Crippen LogP) is 1.96. The van der Waals surface area contributed by atoms with E-state index < -0.39 is 0 Å². The van der Waals surface area contributed by atoms with E-state index in [-0.39, 0.29) is 11.9 Å². The van der Waals surface area contributed by atoms with Gasteiger partial charge in [0.25, 0.3) is 0 Å². The summed E-state index contributed by atoms with van der Waals surface area (Å²) in [6.45, 7) is 4.81. The van der Waals surface area contributed by atoms with Crippen LogP contribution in [0.25, 0.3) is 0 Å². The van der Waals surface area contributed by atoms with E-state index in [9.17, 15) is 4.79 Å². The molecule has 3 heteroatoms. The summed E-state index contributed by atoms with van der Waals surface area (Å²) in [6, 6.07) is 10.3. The Bertz CT molecular complexity index is 358. The van der Waals surface area contributed by atoms with Gasteiger partial charge in [0.05, 0.1) is 6.04 Å². The van der Waals surface area contributed by atoms with E-state index >= 15 is 0 Å². The first kappa shape index (κ1) is 12.1. The summed E-state index contributed by atoms with van der Waals surface area (Å²) in [5, 5.41) is 3.04. The molecule has 1 fully saturated rings. The number of nitrogens with zero attached hydrogens (tertiary/aromatic N) is 1. The maximum absolute atomic E-state index is 11.3. The van der Waals surface area contributed by atoms with E-state index in [2.05, 4.69) is 22.3 Å². The lowest BCUT2D eigenvalue weighted by Crippen LogP contribution is -2.35. The molecule has 1 aliphatic rings. The molecule has 1 saturated heterocycles. The first-order valence-electron chi connectivity index (χ1n) is 6.30. The largest absolute Gasteiger partial charge is 0.348 e. The van der Waals surface area contributed by atoms with Crippen molar-refractivity contribution < 1.29 is 4.79 Å². The van der Waals surface area contributed by atoms with Crippen molar-refractivity contribution in [2.45, 2.75) is 25.8 Å². The van der Waals surface area contributed by atoms with E-state index in [0.29, 0.717) is 0 Å². The molecule has 0 unspecified atom stereocenters. The van der Waals surface area contributed by atoms with Crippen molar-refractivity contribution in [2.75, 3.05) is 19.6 Å². The van der Waals surface area contributed by atoms with Gasteiger partial charge in [-0.05, 0) is 31.5 Å². The van der Waals surface area contributed by atoms with Gasteiger partial charge in [0.2, 0.25) is 5.91 Å². The molecule has 92 valence electrons. The van der Waals surface area contributed by atoms with Gasteiger partial charge in [-0.15, -0.1) is 0 Å². The molecule has 3 nitrogen and oxygen atoms in total. The highest BCUT2D eigenvalue weighted by molar-refractivity contribution is 5.73. The number of carbonyl (C=O) groups excluding carboxylic acids is 1. The average Bonchev–Trinajstić information content (AvgIpc) is 2.82. The molecule has 17 heavy (non-hydrogen) atoms. The van der Waals surface area contributed by atoms with Crippen LogP contribution in [-0.4, -0.2) is 30.4 Å². The van der Waals surface area contributed by atoms with Crippen molar-refractivity contribution in [1.29, 1.82) is 0 Å². The summed E-state index contributed by atoms with van der Waals surface area (Å²) >= 11 is 0. The topological polar surface area (TPSA) is 32.3 Å². The van der Waals surface area contributed by atoms with E-state index in [4.69, 9.17) is 0 Å². The molecular weight excluding hydrogens is 212 g/mol. The standard InChI is InChI=1S/C14H20N2O/c1-12(17)15-14(11-16-9-5-6-10-16)13-7-3-2-4-8-13/h2-4,7-8,14H,5-6,9-11H2,1H3,(H,15,17)/t14-/m1/s1. The predicted molar refractivity (Wildman–Crippen MR) is 68.7 cm³/mol. The number of amides is 1. The maximum atomic E-state index is 11.3. The minimum atomic E-state index is 0.0399. The molecule has 1 aromatic rings. The van der Waals surface area contributed by atoms with Gasteiger partial charge in [0.15, 0.2) is 0 Å². The summed E-state index contributed by atoms with van der Waals surface area (Å²) in [6.07, 6.45) is 2.56. The number of benzene rings is 1. The first-order chi connectivity index (χ1) is 8.25. The van der Waals surface area contributed by atoms with Gasteiger partial charge in [-0.25, -0.2) is 0 Å². The maximum Gasteiger partial charge on any atom is 0.217 e. The van der Waals surface area contributed by atoms with Crippen LogP contribution < -0.4 is 5.32 Å². The van der Waals surface area contributed by atoms with Crippen LogP contribution in [0.4, 0.5) is 0 Å². The lowest BCUT2D eigenvalue weighted by atomic mass is 10.1. The second-order valence-electron chi connectivity index (χ2n) is 4.67. The summed E-state index contributed by atoms with van der Waals surface area (Å²) in [7, 11) is 0. The molecule has 1 aromatic carbocycles.